The standard InChI is InChI=1S/C16H14ClFN2O2/c1-9(2)7-21-15-11(5-19)14(18)12(6-20)16(13(15)17)22-8-10(3)4/h1,3,7-8H2,2,4H3. The summed E-state index contributed by atoms with van der Waals surface area (Å²) >= 11 is 6.14. The van der Waals surface area contributed by atoms with Crippen molar-refractivity contribution in [2.45, 2.75) is 13.8 Å². The van der Waals surface area contributed by atoms with Crippen LogP contribution in [0.4, 0.5) is 4.39 Å². The van der Waals surface area contributed by atoms with Crippen LogP contribution in [0.15, 0.2) is 24.3 Å². The predicted molar refractivity (Wildman–Crippen MR) is 81.5 cm³/mol. The molecule has 0 atom stereocenters. The highest BCUT2D eigenvalue weighted by Gasteiger charge is 2.26. The average Bonchev–Trinajstić information content (AvgIpc) is 2.45. The van der Waals surface area contributed by atoms with Crippen molar-refractivity contribution in [3.8, 4) is 23.6 Å². The number of rotatable bonds is 6. The fraction of sp³-hybridized carbons (Fsp3) is 0.250. The van der Waals surface area contributed by atoms with Gasteiger partial charge in [-0.1, -0.05) is 24.8 Å². The Bertz CT molecular complexity index is 657. The predicted octanol–water partition coefficient (Wildman–Crippen LogP) is 4.13. The summed E-state index contributed by atoms with van der Waals surface area (Å²) < 4.78 is 25.0. The van der Waals surface area contributed by atoms with Gasteiger partial charge in [0.05, 0.1) is 0 Å². The summed E-state index contributed by atoms with van der Waals surface area (Å²) in [6, 6.07) is 3.31. The molecule has 0 radical (unpaired) electrons. The molecule has 0 fully saturated rings. The van der Waals surface area contributed by atoms with Crippen LogP contribution in [0.1, 0.15) is 25.0 Å². The normalized spacial score (nSPS) is 9.55. The second-order valence-corrected chi connectivity index (χ2v) is 5.13. The molecule has 0 amide bonds. The van der Waals surface area contributed by atoms with Crippen LogP contribution in [0.5, 0.6) is 11.5 Å². The van der Waals surface area contributed by atoms with Crippen molar-refractivity contribution >= 4 is 11.6 Å². The maximum atomic E-state index is 14.3. The summed E-state index contributed by atoms with van der Waals surface area (Å²) in [5.41, 5.74) is 0.444. The van der Waals surface area contributed by atoms with Gasteiger partial charge in [0, 0.05) is 0 Å². The third-order valence-electron chi connectivity index (χ3n) is 2.44. The summed E-state index contributed by atoms with van der Waals surface area (Å²) in [5.74, 6) is -1.36. The van der Waals surface area contributed by atoms with Gasteiger partial charge in [-0.3, -0.25) is 0 Å². The fourth-order valence-corrected chi connectivity index (χ4v) is 1.81. The molecule has 0 aliphatic heterocycles. The van der Waals surface area contributed by atoms with Crippen LogP contribution in [0, 0.1) is 28.5 Å². The van der Waals surface area contributed by atoms with Crippen molar-refractivity contribution in [1.82, 2.24) is 0 Å². The highest BCUT2D eigenvalue weighted by Crippen LogP contribution is 2.42. The molecule has 22 heavy (non-hydrogen) atoms. The van der Waals surface area contributed by atoms with Crippen LogP contribution in [-0.2, 0) is 0 Å². The quantitative estimate of drug-likeness (QED) is 0.739. The van der Waals surface area contributed by atoms with Gasteiger partial charge in [-0.05, 0) is 25.0 Å². The highest BCUT2D eigenvalue weighted by molar-refractivity contribution is 6.34. The van der Waals surface area contributed by atoms with Crippen molar-refractivity contribution in [2.24, 2.45) is 0 Å². The first kappa shape index (κ1) is 17.6. The van der Waals surface area contributed by atoms with E-state index in [0.717, 1.165) is 0 Å². The lowest BCUT2D eigenvalue weighted by atomic mass is 10.1. The van der Waals surface area contributed by atoms with E-state index >= 15 is 0 Å². The molecule has 0 unspecified atom stereocenters. The van der Waals surface area contributed by atoms with E-state index in [-0.39, 0.29) is 29.7 Å². The van der Waals surface area contributed by atoms with E-state index < -0.39 is 16.9 Å². The molecule has 0 bridgehead atoms. The van der Waals surface area contributed by atoms with Crippen LogP contribution in [0.25, 0.3) is 0 Å². The molecule has 0 N–H and O–H groups in total. The molecule has 1 rings (SSSR count). The summed E-state index contributed by atoms with van der Waals surface area (Å²) in [7, 11) is 0. The first-order valence-electron chi connectivity index (χ1n) is 6.22. The Labute approximate surface area is 133 Å². The number of benzene rings is 1. The average molecular weight is 321 g/mol. The van der Waals surface area contributed by atoms with Crippen LogP contribution >= 0.6 is 11.6 Å². The smallest absolute Gasteiger partial charge is 0.166 e. The number of nitriles is 2. The number of ether oxygens (including phenoxy) is 2. The summed E-state index contributed by atoms with van der Waals surface area (Å²) in [5, 5.41) is 18.1. The van der Waals surface area contributed by atoms with Crippen LogP contribution in [0.2, 0.25) is 5.02 Å². The van der Waals surface area contributed by atoms with Crippen molar-refractivity contribution < 1.29 is 13.9 Å². The third kappa shape index (κ3) is 3.78. The van der Waals surface area contributed by atoms with Crippen molar-refractivity contribution in [1.29, 1.82) is 10.5 Å². The molecular weight excluding hydrogens is 307 g/mol. The van der Waals surface area contributed by atoms with Crippen LogP contribution < -0.4 is 9.47 Å². The fourth-order valence-electron chi connectivity index (χ4n) is 1.51. The van der Waals surface area contributed by atoms with E-state index in [9.17, 15) is 4.39 Å². The van der Waals surface area contributed by atoms with Crippen molar-refractivity contribution in [3.05, 3.63) is 46.3 Å². The molecule has 0 spiro atoms. The van der Waals surface area contributed by atoms with Gasteiger partial charge in [0.2, 0.25) is 0 Å². The Morgan fingerprint density at radius 1 is 1.05 bits per heavy atom. The zero-order chi connectivity index (χ0) is 16.9. The largest absolute Gasteiger partial charge is 0.486 e. The molecule has 114 valence electrons. The number of hydrogen-bond donors (Lipinski definition) is 0. The van der Waals surface area contributed by atoms with E-state index in [4.69, 9.17) is 31.6 Å². The van der Waals surface area contributed by atoms with Crippen molar-refractivity contribution in [3.63, 3.8) is 0 Å². The lowest BCUT2D eigenvalue weighted by Gasteiger charge is -2.16. The van der Waals surface area contributed by atoms with Gasteiger partial charge in [-0.15, -0.1) is 0 Å². The third-order valence-corrected chi connectivity index (χ3v) is 2.78. The van der Waals surface area contributed by atoms with Gasteiger partial charge < -0.3 is 9.47 Å². The molecule has 4 nitrogen and oxygen atoms in total. The van der Waals surface area contributed by atoms with Gasteiger partial charge in [0.25, 0.3) is 0 Å². The molecule has 0 heterocycles. The van der Waals surface area contributed by atoms with E-state index in [2.05, 4.69) is 13.2 Å². The molecule has 0 saturated heterocycles. The number of hydrogen-bond acceptors (Lipinski definition) is 4. The zero-order valence-electron chi connectivity index (χ0n) is 12.3. The summed E-state index contributed by atoms with van der Waals surface area (Å²) in [4.78, 5) is 0. The minimum absolute atomic E-state index is 0.0552. The van der Waals surface area contributed by atoms with Gasteiger partial charge >= 0.3 is 0 Å². The lowest BCUT2D eigenvalue weighted by molar-refractivity contribution is 0.330. The first-order valence-corrected chi connectivity index (χ1v) is 6.60. The zero-order valence-corrected chi connectivity index (χ0v) is 13.1. The van der Waals surface area contributed by atoms with Crippen LogP contribution in [0.3, 0.4) is 0 Å². The molecular formula is C16H14ClFN2O2. The van der Waals surface area contributed by atoms with Crippen LogP contribution in [-0.4, -0.2) is 13.2 Å². The Hall–Kier alpha value is -2.50. The monoisotopic (exact) mass is 320 g/mol. The molecule has 0 aliphatic carbocycles. The maximum Gasteiger partial charge on any atom is 0.166 e. The maximum absolute atomic E-state index is 14.3. The SMILES string of the molecule is C=C(C)COc1c(Cl)c(OCC(=C)C)c(C#N)c(F)c1C#N. The lowest BCUT2D eigenvalue weighted by Crippen LogP contribution is -2.07. The minimum atomic E-state index is -1.03. The minimum Gasteiger partial charge on any atom is -0.486 e. The van der Waals surface area contributed by atoms with E-state index in [1.54, 1.807) is 26.0 Å². The van der Waals surface area contributed by atoms with Gasteiger partial charge in [-0.2, -0.15) is 10.5 Å². The molecule has 6 heteroatoms. The first-order chi connectivity index (χ1) is 10.3. The highest BCUT2D eigenvalue weighted by atomic mass is 35.5. The summed E-state index contributed by atoms with van der Waals surface area (Å²) in [6.45, 7) is 10.8. The van der Waals surface area contributed by atoms with E-state index in [1.807, 2.05) is 0 Å². The van der Waals surface area contributed by atoms with E-state index in [1.165, 1.54) is 0 Å². The molecule has 1 aromatic carbocycles. The number of halogens is 2. The second-order valence-electron chi connectivity index (χ2n) is 4.75. The molecule has 0 aliphatic rings. The Kier molecular flexibility index (Phi) is 5.98. The van der Waals surface area contributed by atoms with Gasteiger partial charge in [0.15, 0.2) is 17.3 Å². The van der Waals surface area contributed by atoms with Crippen molar-refractivity contribution in [2.75, 3.05) is 13.2 Å². The van der Waals surface area contributed by atoms with Gasteiger partial charge in [-0.25, -0.2) is 4.39 Å². The van der Waals surface area contributed by atoms with E-state index in [0.29, 0.717) is 11.1 Å². The Morgan fingerprint density at radius 3 is 1.68 bits per heavy atom. The Balaban J connectivity index is 3.49. The van der Waals surface area contributed by atoms with Gasteiger partial charge in [0.1, 0.15) is 41.5 Å². The Morgan fingerprint density at radius 2 is 1.41 bits per heavy atom. The molecule has 0 aromatic heterocycles. The molecule has 0 saturated carbocycles. The topological polar surface area (TPSA) is 66.0 Å². The second kappa shape index (κ2) is 7.49. The summed E-state index contributed by atoms with van der Waals surface area (Å²) in [6.07, 6.45) is 0. The number of nitrogens with zero attached hydrogens (tertiary/aromatic N) is 2. The molecule has 1 aromatic rings.